The summed E-state index contributed by atoms with van der Waals surface area (Å²) >= 11 is 1.60. The summed E-state index contributed by atoms with van der Waals surface area (Å²) in [6, 6.07) is 18.8. The number of nitrogen functional groups attached to an aromatic ring is 1. The lowest BCUT2D eigenvalue weighted by Gasteiger charge is -2.55. The minimum atomic E-state index is -0.795. The molecule has 5 aromatic rings. The maximum Gasteiger partial charge on any atom is 0.243 e. The smallest absolute Gasteiger partial charge is 0.243 e. The number of phenols is 1. The number of nitrogens with one attached hydrogen (secondary N) is 1. The number of nitrogens with two attached hydrogens (primary N) is 1. The van der Waals surface area contributed by atoms with Crippen LogP contribution in [0.25, 0.3) is 21.7 Å². The molecule has 2 aromatic carbocycles. The molecule has 20 heteroatoms. The second-order valence-corrected chi connectivity index (χ2v) is 26.1. The van der Waals surface area contributed by atoms with Gasteiger partial charge in [0.15, 0.2) is 17.4 Å². The van der Waals surface area contributed by atoms with Gasteiger partial charge in [0.1, 0.15) is 23.3 Å². The highest BCUT2D eigenvalue weighted by atomic mass is 32.1. The zero-order chi connectivity index (χ0) is 56.6. The molecular formula is C62H84N12O7S. The van der Waals surface area contributed by atoms with Crippen LogP contribution in [0.15, 0.2) is 70.7 Å². The molecule has 1 aliphatic carbocycles. The van der Waals surface area contributed by atoms with Crippen LogP contribution in [-0.2, 0) is 19.1 Å². The van der Waals surface area contributed by atoms with Crippen molar-refractivity contribution in [3.8, 4) is 27.4 Å². The number of amides is 2. The van der Waals surface area contributed by atoms with Crippen LogP contribution >= 0.6 is 11.3 Å². The topological polar surface area (TPSA) is 215 Å². The van der Waals surface area contributed by atoms with Crippen molar-refractivity contribution in [3.05, 3.63) is 83.2 Å². The third-order valence-electron chi connectivity index (χ3n) is 19.1. The van der Waals surface area contributed by atoms with Crippen LogP contribution in [0.4, 0.5) is 17.3 Å². The predicted octanol–water partition coefficient (Wildman–Crippen LogP) is 6.96. The van der Waals surface area contributed by atoms with Crippen molar-refractivity contribution in [2.45, 2.75) is 133 Å². The number of aromatic hydroxyl groups is 1. The first-order valence-corrected chi connectivity index (χ1v) is 31.2. The Bertz CT molecular complexity index is 2980. The Balaban J connectivity index is 0.532. The first kappa shape index (κ1) is 56.7. The molecule has 0 radical (unpaired) electrons. The van der Waals surface area contributed by atoms with E-state index in [1.807, 2.05) is 81.7 Å². The number of hydrogen-bond donors (Lipinski definition) is 4. The van der Waals surface area contributed by atoms with Gasteiger partial charge in [-0.1, -0.05) is 55.4 Å². The second-order valence-electron chi connectivity index (χ2n) is 25.3. The normalized spacial score (nSPS) is 25.1. The van der Waals surface area contributed by atoms with E-state index < -0.39 is 18.1 Å². The summed E-state index contributed by atoms with van der Waals surface area (Å²) in [5.74, 6) is 1.89. The van der Waals surface area contributed by atoms with Gasteiger partial charge in [-0.25, -0.2) is 4.98 Å². The lowest BCUT2D eigenvalue weighted by atomic mass is 9.84. The molecule has 7 fully saturated rings. The molecule has 9 heterocycles. The number of aryl methyl sites for hydroxylation is 1. The van der Waals surface area contributed by atoms with Gasteiger partial charge in [-0.3, -0.25) is 14.5 Å². The number of aromatic nitrogens is 4. The molecule has 5 N–H and O–H groups in total. The number of rotatable bonds is 17. The van der Waals surface area contributed by atoms with E-state index >= 15 is 0 Å². The molecule has 0 unspecified atom stereocenters. The highest BCUT2D eigenvalue weighted by molar-refractivity contribution is 7.13. The van der Waals surface area contributed by atoms with Crippen molar-refractivity contribution < 1.29 is 33.8 Å². The summed E-state index contributed by atoms with van der Waals surface area (Å²) in [5, 5.41) is 37.4. The van der Waals surface area contributed by atoms with Crippen molar-refractivity contribution in [3.63, 3.8) is 0 Å². The van der Waals surface area contributed by atoms with Crippen molar-refractivity contribution in [2.24, 2.45) is 17.8 Å². The molecule has 3 aromatic heterocycles. The number of aliphatic hydroxyl groups excluding tert-OH is 1. The standard InChI is InChI=1S/C62H84N12O7S/c1-39(2)57(61(78)74-34-47(75)29-53(74)60(77)65-40(3)44-9-11-45(12-10-44)58-41(4)64-38-82-58)55-31-56(68-81-55)72-23-15-42(16-24-72)32-69-19-17-48(18-20-69)80-49-27-46(28-49)71-21-13-43(14-22-71)33-70-35-62(36-70)37-73(25-26-79-62)52-30-51(66-67-59(52)63)50-7-5-6-8-54(50)76/h5-12,30-31,38-40,42-43,46-49,53,57,75-76H,13-29,32-37H2,1-4H3,(H2,63,67)(H,65,77)/t40-,46-,47+,49-,53-,57+/m0/s1. The summed E-state index contributed by atoms with van der Waals surface area (Å²) in [6.07, 6.45) is 9.28. The Morgan fingerprint density at radius 1 is 0.841 bits per heavy atom. The summed E-state index contributed by atoms with van der Waals surface area (Å²) in [4.78, 5) is 47.8. The number of morpholine rings is 1. The number of piperidine rings is 3. The maximum absolute atomic E-state index is 14.4. The molecule has 4 atom stereocenters. The maximum atomic E-state index is 14.4. The van der Waals surface area contributed by atoms with E-state index in [1.54, 1.807) is 28.4 Å². The number of likely N-dealkylation sites (tertiary alicyclic amines) is 4. The minimum absolute atomic E-state index is 0.0932. The fraction of sp³-hybridized carbons (Fsp3) is 0.613. The quantitative estimate of drug-likeness (QED) is 0.0740. The number of carbonyl (C=O) groups excluding carboxylic acids is 2. The van der Waals surface area contributed by atoms with E-state index in [4.69, 9.17) is 19.7 Å². The average molecular weight is 1140 g/mol. The molecule has 6 aliphatic heterocycles. The highest BCUT2D eigenvalue weighted by Crippen LogP contribution is 2.40. The summed E-state index contributed by atoms with van der Waals surface area (Å²) in [6.45, 7) is 20.5. The largest absolute Gasteiger partial charge is 0.507 e. The second kappa shape index (κ2) is 24.5. The Labute approximate surface area is 486 Å². The van der Waals surface area contributed by atoms with Crippen LogP contribution in [0, 0.1) is 24.7 Å². The number of anilines is 3. The Kier molecular flexibility index (Phi) is 16.9. The van der Waals surface area contributed by atoms with Gasteiger partial charge in [0.2, 0.25) is 11.8 Å². The number of carbonyl (C=O) groups is 2. The van der Waals surface area contributed by atoms with Crippen LogP contribution in [0.1, 0.15) is 108 Å². The SMILES string of the molecule is Cc1ncsc1-c1ccc([C@H](C)NC(=O)[C@@H]2C[C@@H](O)CN2C(=O)[C@@H](c2cc(N3CCC(CN4CCC(O[C@H]5C[C@H](N6CCC(CN7CC8(C7)CN(c7cc(-c9ccccc9O)nnc7N)CCO8)CC6)C5)CC4)CC3)no2)C(C)C)cc1. The molecule has 7 aliphatic rings. The number of para-hydroxylation sites is 1. The third-order valence-corrected chi connectivity index (χ3v) is 20.1. The molecular weight excluding hydrogens is 1060 g/mol. The number of hydrogen-bond acceptors (Lipinski definition) is 18. The molecule has 82 heavy (non-hydrogen) atoms. The molecule has 2 amide bonds. The van der Waals surface area contributed by atoms with Crippen LogP contribution in [0.3, 0.4) is 0 Å². The van der Waals surface area contributed by atoms with Crippen LogP contribution in [-0.4, -0.2) is 190 Å². The van der Waals surface area contributed by atoms with Gasteiger partial charge in [0.05, 0.1) is 58.4 Å². The van der Waals surface area contributed by atoms with Crippen molar-refractivity contribution >= 4 is 40.5 Å². The van der Waals surface area contributed by atoms with Crippen LogP contribution < -0.4 is 20.9 Å². The predicted molar refractivity (Wildman–Crippen MR) is 317 cm³/mol. The van der Waals surface area contributed by atoms with E-state index in [9.17, 15) is 19.8 Å². The molecule has 1 spiro atoms. The van der Waals surface area contributed by atoms with Gasteiger partial charge in [-0.05, 0) is 125 Å². The van der Waals surface area contributed by atoms with Gasteiger partial charge in [-0.15, -0.1) is 21.5 Å². The number of ether oxygens (including phenoxy) is 2. The third kappa shape index (κ3) is 12.4. The molecule has 12 rings (SSSR count). The van der Waals surface area contributed by atoms with Crippen molar-refractivity contribution in [2.75, 3.05) is 107 Å². The van der Waals surface area contributed by atoms with Gasteiger partial charge in [-0.2, -0.15) is 0 Å². The molecule has 19 nitrogen and oxygen atoms in total. The van der Waals surface area contributed by atoms with Crippen LogP contribution in [0.2, 0.25) is 0 Å². The number of thiazole rings is 1. The number of β-amino-alcohol motifs (C(OH)–C–C–N with tert-alkyl or cyclic N) is 1. The average Bonchev–Trinajstić information content (AvgIpc) is 4.25. The Morgan fingerprint density at radius 3 is 2.27 bits per heavy atom. The van der Waals surface area contributed by atoms with E-state index in [-0.39, 0.29) is 48.1 Å². The van der Waals surface area contributed by atoms with Crippen LogP contribution in [0.5, 0.6) is 5.75 Å². The summed E-state index contributed by atoms with van der Waals surface area (Å²) in [5.41, 5.74) is 13.1. The monoisotopic (exact) mass is 1140 g/mol. The first-order chi connectivity index (χ1) is 39.7. The Hall–Kier alpha value is -5.74. The fourth-order valence-electron chi connectivity index (χ4n) is 14.3. The van der Waals surface area contributed by atoms with Gasteiger partial charge in [0.25, 0.3) is 0 Å². The molecule has 440 valence electrons. The molecule has 0 bridgehead atoms. The van der Waals surface area contributed by atoms with Gasteiger partial charge in [0, 0.05) is 96.1 Å². The van der Waals surface area contributed by atoms with E-state index in [0.717, 1.165) is 137 Å². The summed E-state index contributed by atoms with van der Waals surface area (Å²) < 4.78 is 19.1. The zero-order valence-corrected chi connectivity index (χ0v) is 49.1. The number of nitrogens with zero attached hydrogens (tertiary/aromatic N) is 10. The number of aliphatic hydroxyl groups is 1. The van der Waals surface area contributed by atoms with E-state index in [2.05, 4.69) is 50.2 Å². The summed E-state index contributed by atoms with van der Waals surface area (Å²) in [7, 11) is 0. The van der Waals surface area contributed by atoms with E-state index in [0.29, 0.717) is 59.5 Å². The van der Waals surface area contributed by atoms with Crippen molar-refractivity contribution in [1.82, 2.24) is 45.3 Å². The first-order valence-electron chi connectivity index (χ1n) is 30.4. The van der Waals surface area contributed by atoms with Gasteiger partial charge >= 0.3 is 0 Å². The molecule has 1 saturated carbocycles. The Morgan fingerprint density at radius 2 is 1.56 bits per heavy atom. The van der Waals surface area contributed by atoms with Gasteiger partial charge < -0.3 is 59.8 Å². The minimum Gasteiger partial charge on any atom is -0.507 e. The molecule has 6 saturated heterocycles. The lowest BCUT2D eigenvalue weighted by molar-refractivity contribution is -0.153. The zero-order valence-electron chi connectivity index (χ0n) is 48.3. The fourth-order valence-corrected chi connectivity index (χ4v) is 15.1. The highest BCUT2D eigenvalue weighted by Gasteiger charge is 2.49. The van der Waals surface area contributed by atoms with Crippen molar-refractivity contribution in [1.29, 1.82) is 0 Å². The number of phenolic OH excluding ortho intramolecular Hbond substituents is 1. The lowest BCUT2D eigenvalue weighted by Crippen LogP contribution is -2.70. The number of benzene rings is 2. The van der Waals surface area contributed by atoms with E-state index in [1.165, 1.54) is 25.9 Å².